The fourth-order valence-electron chi connectivity index (χ4n) is 5.55. The van der Waals surface area contributed by atoms with Crippen LogP contribution in [0.2, 0.25) is 0 Å². The number of benzene rings is 1. The highest BCUT2D eigenvalue weighted by atomic mass is 16.6. The molecule has 1 aromatic heterocycles. The number of hydrogen-bond acceptors (Lipinski definition) is 6. The Labute approximate surface area is 206 Å². The van der Waals surface area contributed by atoms with Gasteiger partial charge in [-0.05, 0) is 67.8 Å². The fraction of sp³-hybridized carbons (Fsp3) is 0.519. The Bertz CT molecular complexity index is 1090. The van der Waals surface area contributed by atoms with Crippen LogP contribution in [0.5, 0.6) is 5.75 Å². The van der Waals surface area contributed by atoms with Crippen molar-refractivity contribution in [1.82, 2.24) is 15.2 Å². The topological polar surface area (TPSA) is 101 Å². The van der Waals surface area contributed by atoms with Gasteiger partial charge < -0.3 is 19.9 Å². The Morgan fingerprint density at radius 1 is 1.34 bits per heavy atom. The van der Waals surface area contributed by atoms with Crippen molar-refractivity contribution in [3.8, 4) is 5.75 Å². The number of carboxylic acids is 1. The minimum atomic E-state index is -1.07. The predicted octanol–water partition coefficient (Wildman–Crippen LogP) is 4.41. The van der Waals surface area contributed by atoms with Crippen LogP contribution < -0.4 is 10.1 Å². The number of carbonyl (C=O) groups is 2. The van der Waals surface area contributed by atoms with Gasteiger partial charge in [0.05, 0.1) is 18.7 Å². The average molecular weight is 482 g/mol. The van der Waals surface area contributed by atoms with Crippen LogP contribution in [0.3, 0.4) is 0 Å². The van der Waals surface area contributed by atoms with E-state index in [0.717, 1.165) is 42.4 Å². The van der Waals surface area contributed by atoms with E-state index in [-0.39, 0.29) is 12.0 Å². The Balaban J connectivity index is 1.69. The molecule has 0 radical (unpaired) electrons. The van der Waals surface area contributed by atoms with E-state index in [2.05, 4.69) is 21.8 Å². The number of alkyl carbamates (subject to hydrolysis) is 1. The van der Waals surface area contributed by atoms with Crippen LogP contribution in [0.25, 0.3) is 10.9 Å². The number of rotatable bonds is 9. The molecule has 2 unspecified atom stereocenters. The summed E-state index contributed by atoms with van der Waals surface area (Å²) in [5.74, 6) is 0.633. The van der Waals surface area contributed by atoms with Crippen molar-refractivity contribution in [2.24, 2.45) is 17.8 Å². The van der Waals surface area contributed by atoms with Gasteiger partial charge >= 0.3 is 12.1 Å². The summed E-state index contributed by atoms with van der Waals surface area (Å²) in [6.07, 6.45) is 4.73. The molecule has 0 saturated carbocycles. The minimum Gasteiger partial charge on any atom is -0.497 e. The van der Waals surface area contributed by atoms with Crippen LogP contribution >= 0.6 is 0 Å². The molecule has 2 aromatic rings. The lowest BCUT2D eigenvalue weighted by Crippen LogP contribution is -2.56. The largest absolute Gasteiger partial charge is 0.497 e. The Kier molecular flexibility index (Phi) is 7.60. The molecule has 1 amide bonds. The third kappa shape index (κ3) is 5.42. The first-order valence-electron chi connectivity index (χ1n) is 12.3. The quantitative estimate of drug-likeness (QED) is 0.512. The highest BCUT2D eigenvalue weighted by Gasteiger charge is 2.44. The molecule has 8 nitrogen and oxygen atoms in total. The number of carboxylic acid groups (broad SMARTS) is 1. The summed E-state index contributed by atoms with van der Waals surface area (Å²) in [6, 6.07) is 6.50. The monoisotopic (exact) mass is 481 g/mol. The number of fused-ring (bicyclic) bond motifs is 4. The molecule has 5 rings (SSSR count). The van der Waals surface area contributed by atoms with E-state index in [1.165, 1.54) is 0 Å². The maximum absolute atomic E-state index is 13.1. The van der Waals surface area contributed by atoms with Gasteiger partial charge in [0.1, 0.15) is 17.9 Å². The van der Waals surface area contributed by atoms with Crippen LogP contribution in [-0.4, -0.2) is 59.3 Å². The van der Waals surface area contributed by atoms with Crippen molar-refractivity contribution in [2.75, 3.05) is 20.2 Å². The first-order chi connectivity index (χ1) is 16.8. The van der Waals surface area contributed by atoms with Crippen molar-refractivity contribution >= 4 is 23.0 Å². The van der Waals surface area contributed by atoms with Crippen molar-refractivity contribution in [3.05, 3.63) is 48.7 Å². The summed E-state index contributed by atoms with van der Waals surface area (Å²) < 4.78 is 11.5. The van der Waals surface area contributed by atoms with Crippen molar-refractivity contribution < 1.29 is 24.2 Å². The number of methoxy groups -OCH3 is 1. The zero-order valence-corrected chi connectivity index (χ0v) is 20.6. The lowest BCUT2D eigenvalue weighted by molar-refractivity contribution is -0.139. The summed E-state index contributed by atoms with van der Waals surface area (Å²) in [5, 5.41) is 13.0. The molecule has 3 fully saturated rings. The molecule has 1 aromatic carbocycles. The number of aliphatic carboxylic acids is 1. The second-order valence-corrected chi connectivity index (χ2v) is 10.0. The summed E-state index contributed by atoms with van der Waals surface area (Å²) in [7, 11) is 1.61. The lowest BCUT2D eigenvalue weighted by Gasteiger charge is -2.51. The Morgan fingerprint density at radius 3 is 2.77 bits per heavy atom. The summed E-state index contributed by atoms with van der Waals surface area (Å²) in [4.78, 5) is 31.7. The molecule has 2 N–H and O–H groups in total. The summed E-state index contributed by atoms with van der Waals surface area (Å²) in [6.45, 7) is 9.66. The van der Waals surface area contributed by atoms with Crippen LogP contribution in [-0.2, 0) is 9.53 Å². The third-order valence-electron chi connectivity index (χ3n) is 7.32. The van der Waals surface area contributed by atoms with Gasteiger partial charge in [-0.1, -0.05) is 19.9 Å². The zero-order chi connectivity index (χ0) is 25.1. The maximum atomic E-state index is 13.1. The summed E-state index contributed by atoms with van der Waals surface area (Å²) >= 11 is 0. The second kappa shape index (κ2) is 10.6. The van der Waals surface area contributed by atoms with Gasteiger partial charge in [-0.3, -0.25) is 9.88 Å². The third-order valence-corrected chi connectivity index (χ3v) is 7.32. The van der Waals surface area contributed by atoms with Crippen molar-refractivity contribution in [3.63, 3.8) is 0 Å². The fourth-order valence-corrected chi connectivity index (χ4v) is 5.55. The molecule has 35 heavy (non-hydrogen) atoms. The molecule has 2 bridgehead atoms. The van der Waals surface area contributed by atoms with Gasteiger partial charge in [0, 0.05) is 23.7 Å². The molecule has 3 saturated heterocycles. The number of amides is 1. The molecule has 8 heteroatoms. The molecular weight excluding hydrogens is 446 g/mol. The standard InChI is InChI=1S/C27H35N3O5/c1-5-17-15-30-11-9-18(17)13-24(30)25(35-27(33)29-23(26(31)32)12-16(2)3)20-8-10-28-22-7-6-19(34-4)14-21(20)22/h5-8,10,14,16-18,23-25H,1,9,11-13,15H2,2-4H3,(H,29,33)(H,31,32)/t17-,18+,23?,24-,25+/m1/s1. The number of nitrogens with zero attached hydrogens (tertiary/aromatic N) is 2. The first kappa shape index (κ1) is 25.0. The Morgan fingerprint density at radius 2 is 2.14 bits per heavy atom. The van der Waals surface area contributed by atoms with Crippen molar-refractivity contribution in [2.45, 2.75) is 51.3 Å². The van der Waals surface area contributed by atoms with Crippen LogP contribution in [0, 0.1) is 17.8 Å². The molecule has 0 spiro atoms. The number of ether oxygens (including phenoxy) is 2. The van der Waals surface area contributed by atoms with Crippen LogP contribution in [0.1, 0.15) is 44.8 Å². The molecular formula is C27H35N3O5. The smallest absolute Gasteiger partial charge is 0.408 e. The normalized spacial score (nSPS) is 25.1. The van der Waals surface area contributed by atoms with Gasteiger partial charge in [-0.2, -0.15) is 0 Å². The number of carbonyl (C=O) groups excluding carboxylic acids is 1. The number of nitrogens with one attached hydrogen (secondary N) is 1. The van der Waals surface area contributed by atoms with E-state index in [1.54, 1.807) is 13.3 Å². The van der Waals surface area contributed by atoms with Gasteiger partial charge in [0.25, 0.3) is 0 Å². The van der Waals surface area contributed by atoms with E-state index in [4.69, 9.17) is 9.47 Å². The first-order valence-corrected chi connectivity index (χ1v) is 12.3. The Hall–Kier alpha value is -3.13. The highest BCUT2D eigenvalue weighted by Crippen LogP contribution is 2.43. The van der Waals surface area contributed by atoms with Gasteiger partial charge in [0.15, 0.2) is 0 Å². The second-order valence-electron chi connectivity index (χ2n) is 10.0. The molecule has 6 atom stereocenters. The van der Waals surface area contributed by atoms with E-state index >= 15 is 0 Å². The maximum Gasteiger partial charge on any atom is 0.408 e. The van der Waals surface area contributed by atoms with E-state index in [1.807, 2.05) is 44.2 Å². The molecule has 3 aliphatic rings. The number of piperidine rings is 3. The highest BCUT2D eigenvalue weighted by molar-refractivity contribution is 5.84. The zero-order valence-electron chi connectivity index (χ0n) is 20.6. The molecule has 0 aliphatic carbocycles. The van der Waals surface area contributed by atoms with Crippen molar-refractivity contribution in [1.29, 1.82) is 0 Å². The molecule has 4 heterocycles. The van der Waals surface area contributed by atoms with Crippen LogP contribution in [0.15, 0.2) is 43.1 Å². The van der Waals surface area contributed by atoms with Gasteiger partial charge in [-0.25, -0.2) is 9.59 Å². The number of aromatic nitrogens is 1. The van der Waals surface area contributed by atoms with Gasteiger partial charge in [-0.15, -0.1) is 6.58 Å². The number of pyridine rings is 1. The van der Waals surface area contributed by atoms with E-state index in [9.17, 15) is 14.7 Å². The van der Waals surface area contributed by atoms with Gasteiger partial charge in [0.2, 0.25) is 0 Å². The summed E-state index contributed by atoms with van der Waals surface area (Å²) in [5.41, 5.74) is 1.62. The molecule has 3 aliphatic heterocycles. The number of hydrogen-bond donors (Lipinski definition) is 2. The molecule has 188 valence electrons. The minimum absolute atomic E-state index is 0.0270. The van der Waals surface area contributed by atoms with E-state index in [0.29, 0.717) is 24.0 Å². The van der Waals surface area contributed by atoms with Crippen LogP contribution in [0.4, 0.5) is 4.79 Å². The predicted molar refractivity (Wildman–Crippen MR) is 133 cm³/mol. The SMILES string of the molecule is C=C[C@@H]1CN2CC[C@H]1C[C@@H]2[C@@H](OC(=O)NC(CC(C)C)C(=O)O)c1ccnc2ccc(OC)cc12. The lowest BCUT2D eigenvalue weighted by atomic mass is 9.73. The average Bonchev–Trinajstić information content (AvgIpc) is 2.86. The van der Waals surface area contributed by atoms with E-state index < -0.39 is 24.2 Å².